The number of allylic oxidation sites excluding steroid dienone is 3. The fourth-order valence-corrected chi connectivity index (χ4v) is 5.97. The van der Waals surface area contributed by atoms with Crippen molar-refractivity contribution in [3.8, 4) is 0 Å². The molecule has 1 saturated heterocycles. The van der Waals surface area contributed by atoms with Gasteiger partial charge in [-0.1, -0.05) is 31.6 Å². The van der Waals surface area contributed by atoms with E-state index in [0.29, 0.717) is 13.0 Å². The van der Waals surface area contributed by atoms with E-state index in [0.717, 1.165) is 24.8 Å². The Kier molecular flexibility index (Phi) is 4.94. The Labute approximate surface area is 150 Å². The molecule has 1 heterocycles. The van der Waals surface area contributed by atoms with Crippen LogP contribution in [0.15, 0.2) is 23.3 Å². The summed E-state index contributed by atoms with van der Waals surface area (Å²) in [6.45, 7) is 9.15. The second-order valence-electron chi connectivity index (χ2n) is 8.66. The summed E-state index contributed by atoms with van der Waals surface area (Å²) in [5.74, 6) is 0.130. The second-order valence-corrected chi connectivity index (χ2v) is 9.18. The van der Waals surface area contributed by atoms with Gasteiger partial charge in [0, 0.05) is 16.7 Å². The molecule has 0 aromatic heterocycles. The van der Waals surface area contributed by atoms with E-state index in [1.807, 2.05) is 0 Å². The van der Waals surface area contributed by atoms with Crippen LogP contribution in [-0.4, -0.2) is 34.6 Å². The van der Waals surface area contributed by atoms with Gasteiger partial charge >= 0.3 is 0 Å². The first-order valence-corrected chi connectivity index (χ1v) is 9.59. The van der Waals surface area contributed by atoms with E-state index in [-0.39, 0.29) is 28.0 Å². The molecule has 0 bridgehead atoms. The number of fused-ring (bicyclic) bond motifs is 3. The van der Waals surface area contributed by atoms with Gasteiger partial charge in [0.2, 0.25) is 0 Å². The Hall–Kier alpha value is -0.350. The average molecular weight is 355 g/mol. The van der Waals surface area contributed by atoms with Crippen molar-refractivity contribution in [3.05, 3.63) is 23.3 Å². The standard InChI is InChI=1S/C20H31ClO3/c1-12(2)6-5-9-19(3)14-8-7-13-11-24-18(23)17(13)20(14,4)16(22)10-15(19)21/h6-7,14-18,22-23H,5,8-11H2,1-4H3/t14-,15-,16-,17-,18+,19-,20+/m0/s1. The Morgan fingerprint density at radius 3 is 2.75 bits per heavy atom. The predicted octanol–water partition coefficient (Wildman–Crippen LogP) is 4.03. The molecule has 0 amide bonds. The van der Waals surface area contributed by atoms with Crippen LogP contribution in [-0.2, 0) is 4.74 Å². The van der Waals surface area contributed by atoms with E-state index in [1.54, 1.807) is 0 Å². The van der Waals surface area contributed by atoms with Crippen LogP contribution in [0.25, 0.3) is 0 Å². The van der Waals surface area contributed by atoms with Crippen molar-refractivity contribution in [2.45, 2.75) is 71.1 Å². The molecule has 2 N–H and O–H groups in total. The van der Waals surface area contributed by atoms with Gasteiger partial charge in [0.1, 0.15) is 0 Å². The summed E-state index contributed by atoms with van der Waals surface area (Å²) in [7, 11) is 0. The molecule has 4 heteroatoms. The highest BCUT2D eigenvalue weighted by Gasteiger charge is 2.63. The van der Waals surface area contributed by atoms with Crippen molar-refractivity contribution >= 4 is 11.6 Å². The molecule has 2 aliphatic carbocycles. The smallest absolute Gasteiger partial charge is 0.162 e. The molecule has 3 rings (SSSR count). The van der Waals surface area contributed by atoms with E-state index in [4.69, 9.17) is 16.3 Å². The van der Waals surface area contributed by atoms with Crippen LogP contribution in [0, 0.1) is 22.7 Å². The van der Waals surface area contributed by atoms with Crippen molar-refractivity contribution < 1.29 is 14.9 Å². The minimum absolute atomic E-state index is 0.0504. The minimum atomic E-state index is -0.812. The molecular formula is C20H31ClO3. The topological polar surface area (TPSA) is 49.7 Å². The van der Waals surface area contributed by atoms with Gasteiger partial charge in [0.25, 0.3) is 0 Å². The zero-order valence-electron chi connectivity index (χ0n) is 15.3. The van der Waals surface area contributed by atoms with Crippen LogP contribution in [0.1, 0.15) is 53.4 Å². The van der Waals surface area contributed by atoms with Crippen LogP contribution in [0.4, 0.5) is 0 Å². The number of halogens is 1. The molecule has 0 spiro atoms. The first-order valence-electron chi connectivity index (χ1n) is 9.15. The number of rotatable bonds is 3. The van der Waals surface area contributed by atoms with Gasteiger partial charge in [-0.15, -0.1) is 11.6 Å². The number of aliphatic hydroxyl groups is 2. The largest absolute Gasteiger partial charge is 0.392 e. The van der Waals surface area contributed by atoms with Gasteiger partial charge < -0.3 is 14.9 Å². The third kappa shape index (κ3) is 2.68. The van der Waals surface area contributed by atoms with Gasteiger partial charge in [-0.2, -0.15) is 0 Å². The molecule has 0 aromatic carbocycles. The van der Waals surface area contributed by atoms with Crippen molar-refractivity contribution in [1.82, 2.24) is 0 Å². The average Bonchev–Trinajstić information content (AvgIpc) is 2.88. The van der Waals surface area contributed by atoms with Crippen LogP contribution >= 0.6 is 11.6 Å². The number of aliphatic hydroxyl groups excluding tert-OH is 2. The predicted molar refractivity (Wildman–Crippen MR) is 96.8 cm³/mol. The lowest BCUT2D eigenvalue weighted by Crippen LogP contribution is -2.61. The third-order valence-electron chi connectivity index (χ3n) is 7.04. The number of hydrogen-bond acceptors (Lipinski definition) is 3. The fraction of sp³-hybridized carbons (Fsp3) is 0.800. The molecule has 3 nitrogen and oxygen atoms in total. The molecule has 0 radical (unpaired) electrons. The van der Waals surface area contributed by atoms with Gasteiger partial charge in [-0.25, -0.2) is 0 Å². The molecule has 1 aliphatic heterocycles. The van der Waals surface area contributed by atoms with E-state index >= 15 is 0 Å². The number of ether oxygens (including phenoxy) is 1. The van der Waals surface area contributed by atoms with Gasteiger partial charge in [-0.05, 0) is 56.4 Å². The van der Waals surface area contributed by atoms with Crippen molar-refractivity contribution in [1.29, 1.82) is 0 Å². The zero-order chi connectivity index (χ0) is 17.7. The number of hydrogen-bond donors (Lipinski definition) is 2. The Morgan fingerprint density at radius 1 is 1.38 bits per heavy atom. The lowest BCUT2D eigenvalue weighted by molar-refractivity contribution is -0.182. The molecule has 2 fully saturated rings. The number of alkyl halides is 1. The first-order chi connectivity index (χ1) is 11.2. The molecule has 3 aliphatic rings. The Balaban J connectivity index is 1.96. The molecule has 0 aromatic rings. The molecule has 136 valence electrons. The van der Waals surface area contributed by atoms with Crippen LogP contribution < -0.4 is 0 Å². The highest BCUT2D eigenvalue weighted by Crippen LogP contribution is 2.63. The molecule has 1 saturated carbocycles. The SMILES string of the molecule is CC(C)=CCC[C@]1(C)[C@@H](Cl)C[C@H](O)[C@]2(C)[C@H]3C(=CC[C@@H]12)CO[C@H]3O. The van der Waals surface area contributed by atoms with Crippen LogP contribution in [0.5, 0.6) is 0 Å². The van der Waals surface area contributed by atoms with Crippen LogP contribution in [0.2, 0.25) is 0 Å². The normalized spacial score (nSPS) is 47.6. The zero-order valence-corrected chi connectivity index (χ0v) is 16.0. The molecule has 24 heavy (non-hydrogen) atoms. The van der Waals surface area contributed by atoms with E-state index in [9.17, 15) is 10.2 Å². The van der Waals surface area contributed by atoms with Gasteiger partial charge in [0.15, 0.2) is 6.29 Å². The fourth-order valence-electron chi connectivity index (χ4n) is 5.54. The highest BCUT2D eigenvalue weighted by atomic mass is 35.5. The summed E-state index contributed by atoms with van der Waals surface area (Å²) in [5, 5.41) is 21.3. The maximum Gasteiger partial charge on any atom is 0.162 e. The summed E-state index contributed by atoms with van der Waals surface area (Å²) in [4.78, 5) is 0. The first kappa shape index (κ1) is 18.4. The highest BCUT2D eigenvalue weighted by molar-refractivity contribution is 6.21. The Bertz CT molecular complexity index is 553. The third-order valence-corrected chi connectivity index (χ3v) is 7.71. The van der Waals surface area contributed by atoms with Gasteiger partial charge in [-0.3, -0.25) is 0 Å². The summed E-state index contributed by atoms with van der Waals surface area (Å²) in [6, 6.07) is 0. The van der Waals surface area contributed by atoms with E-state index < -0.39 is 12.4 Å². The summed E-state index contributed by atoms with van der Waals surface area (Å²) >= 11 is 6.80. The maximum absolute atomic E-state index is 11.0. The van der Waals surface area contributed by atoms with E-state index in [1.165, 1.54) is 5.57 Å². The van der Waals surface area contributed by atoms with Crippen molar-refractivity contribution in [3.63, 3.8) is 0 Å². The van der Waals surface area contributed by atoms with Crippen molar-refractivity contribution in [2.24, 2.45) is 22.7 Å². The summed E-state index contributed by atoms with van der Waals surface area (Å²) < 4.78 is 5.50. The monoisotopic (exact) mass is 354 g/mol. The molecule has 7 atom stereocenters. The lowest BCUT2D eigenvalue weighted by Gasteiger charge is -2.60. The van der Waals surface area contributed by atoms with E-state index in [2.05, 4.69) is 39.8 Å². The lowest BCUT2D eigenvalue weighted by atomic mass is 9.46. The summed E-state index contributed by atoms with van der Waals surface area (Å²) in [6.07, 6.45) is 6.68. The Morgan fingerprint density at radius 2 is 2.08 bits per heavy atom. The second kappa shape index (κ2) is 6.42. The minimum Gasteiger partial charge on any atom is -0.392 e. The quantitative estimate of drug-likeness (QED) is 0.594. The maximum atomic E-state index is 11.0. The summed E-state index contributed by atoms with van der Waals surface area (Å²) in [5.41, 5.74) is 2.03. The van der Waals surface area contributed by atoms with Crippen LogP contribution in [0.3, 0.4) is 0 Å². The molecule has 0 unspecified atom stereocenters. The van der Waals surface area contributed by atoms with Gasteiger partial charge in [0.05, 0.1) is 12.7 Å². The molecular weight excluding hydrogens is 324 g/mol. The van der Waals surface area contributed by atoms with Crippen molar-refractivity contribution in [2.75, 3.05) is 6.61 Å².